The van der Waals surface area contributed by atoms with E-state index in [2.05, 4.69) is 18.7 Å². The van der Waals surface area contributed by atoms with Crippen molar-refractivity contribution in [3.8, 4) is 0 Å². The number of nitrogens with zero attached hydrogens (tertiary/aromatic N) is 1. The number of rotatable bonds is 9. The fourth-order valence-corrected chi connectivity index (χ4v) is 3.40. The van der Waals surface area contributed by atoms with Gasteiger partial charge in [-0.05, 0) is 12.8 Å². The van der Waals surface area contributed by atoms with E-state index in [9.17, 15) is 0 Å². The van der Waals surface area contributed by atoms with Crippen molar-refractivity contribution >= 4 is 0 Å². The van der Waals surface area contributed by atoms with Crippen molar-refractivity contribution in [3.05, 3.63) is 0 Å². The third kappa shape index (κ3) is 3.48. The molecule has 2 nitrogen and oxygen atoms in total. The number of likely N-dealkylation sites (tertiary alicyclic amines) is 1. The molecule has 0 aromatic heterocycles. The zero-order valence-electron chi connectivity index (χ0n) is 12.4. The first-order valence-corrected chi connectivity index (χ1v) is 8.11. The van der Waals surface area contributed by atoms with E-state index in [1.807, 2.05) is 0 Å². The molecule has 0 saturated carbocycles. The van der Waals surface area contributed by atoms with Gasteiger partial charge in [0, 0.05) is 24.5 Å². The maximum atomic E-state index is 5.38. The highest BCUT2D eigenvalue weighted by atomic mass is 16.5. The Hall–Kier alpha value is -0.0800. The summed E-state index contributed by atoms with van der Waals surface area (Å²) in [5, 5.41) is 0. The van der Waals surface area contributed by atoms with E-state index in [1.165, 1.54) is 64.5 Å². The Labute approximate surface area is 113 Å². The molecule has 2 aliphatic rings. The summed E-state index contributed by atoms with van der Waals surface area (Å²) in [5.41, 5.74) is 0.591. The van der Waals surface area contributed by atoms with Crippen LogP contribution in [0.2, 0.25) is 0 Å². The van der Waals surface area contributed by atoms with Crippen molar-refractivity contribution in [2.45, 2.75) is 71.3 Å². The Morgan fingerprint density at radius 1 is 0.944 bits per heavy atom. The molecule has 0 N–H and O–H groups in total. The van der Waals surface area contributed by atoms with Crippen LogP contribution in [0.5, 0.6) is 0 Å². The highest BCUT2D eigenvalue weighted by Crippen LogP contribution is 2.40. The molecule has 0 aliphatic carbocycles. The highest BCUT2D eigenvalue weighted by Gasteiger charge is 2.50. The van der Waals surface area contributed by atoms with Crippen LogP contribution in [0, 0.1) is 5.41 Å². The summed E-state index contributed by atoms with van der Waals surface area (Å²) < 4.78 is 5.38. The van der Waals surface area contributed by atoms with E-state index in [-0.39, 0.29) is 0 Å². The van der Waals surface area contributed by atoms with Crippen LogP contribution in [0.4, 0.5) is 0 Å². The minimum atomic E-state index is 0.591. The van der Waals surface area contributed by atoms with Crippen molar-refractivity contribution in [3.63, 3.8) is 0 Å². The second-order valence-electron chi connectivity index (χ2n) is 6.54. The number of ether oxygens (including phenoxy) is 1. The molecule has 2 heteroatoms. The molecule has 0 aromatic rings. The summed E-state index contributed by atoms with van der Waals surface area (Å²) in [7, 11) is 0. The van der Waals surface area contributed by atoms with Gasteiger partial charge in [0.1, 0.15) is 0 Å². The summed E-state index contributed by atoms with van der Waals surface area (Å²) >= 11 is 0. The van der Waals surface area contributed by atoms with Gasteiger partial charge in [-0.2, -0.15) is 0 Å². The zero-order valence-corrected chi connectivity index (χ0v) is 12.4. The van der Waals surface area contributed by atoms with Crippen LogP contribution < -0.4 is 0 Å². The van der Waals surface area contributed by atoms with Crippen molar-refractivity contribution in [2.24, 2.45) is 5.41 Å². The normalized spacial score (nSPS) is 23.7. The number of hydrogen-bond acceptors (Lipinski definition) is 2. The van der Waals surface area contributed by atoms with Gasteiger partial charge in [0.2, 0.25) is 0 Å². The van der Waals surface area contributed by atoms with Gasteiger partial charge in [-0.3, -0.25) is 4.90 Å². The fourth-order valence-electron chi connectivity index (χ4n) is 3.40. The standard InChI is InChI=1S/C16H31NO/c1-3-5-7-8-10-15(9-6-4-2)17-11-16(12-17)13-18-14-16/h15H,3-14H2,1-2H3. The van der Waals surface area contributed by atoms with Gasteiger partial charge in [-0.25, -0.2) is 0 Å². The third-order valence-electron chi connectivity index (χ3n) is 4.69. The molecule has 2 fully saturated rings. The molecule has 1 atom stereocenters. The molecule has 0 aromatic carbocycles. The average Bonchev–Trinajstić information content (AvgIpc) is 2.26. The van der Waals surface area contributed by atoms with Crippen LogP contribution in [0.1, 0.15) is 65.2 Å². The maximum absolute atomic E-state index is 5.38. The van der Waals surface area contributed by atoms with Crippen LogP contribution in [-0.2, 0) is 4.74 Å². The molecular formula is C16H31NO. The van der Waals surface area contributed by atoms with Gasteiger partial charge < -0.3 is 4.74 Å². The molecule has 2 heterocycles. The smallest absolute Gasteiger partial charge is 0.0569 e. The second-order valence-corrected chi connectivity index (χ2v) is 6.54. The predicted octanol–water partition coefficient (Wildman–Crippen LogP) is 3.85. The van der Waals surface area contributed by atoms with Crippen molar-refractivity contribution in [1.82, 2.24) is 4.90 Å². The van der Waals surface area contributed by atoms with Crippen LogP contribution in [-0.4, -0.2) is 37.2 Å². The Morgan fingerprint density at radius 2 is 1.61 bits per heavy atom. The van der Waals surface area contributed by atoms with Gasteiger partial charge >= 0.3 is 0 Å². The number of unbranched alkanes of at least 4 members (excludes halogenated alkanes) is 4. The quantitative estimate of drug-likeness (QED) is 0.579. The van der Waals surface area contributed by atoms with Gasteiger partial charge in [0.15, 0.2) is 0 Å². The molecule has 2 rings (SSSR count). The minimum Gasteiger partial charge on any atom is -0.380 e. The molecule has 1 unspecified atom stereocenters. The second kappa shape index (κ2) is 6.91. The van der Waals surface area contributed by atoms with E-state index < -0.39 is 0 Å². The SMILES string of the molecule is CCCCCCC(CCCC)N1CC2(COC2)C1. The Balaban J connectivity index is 1.67. The molecule has 2 aliphatic heterocycles. The monoisotopic (exact) mass is 253 g/mol. The van der Waals surface area contributed by atoms with Gasteiger partial charge in [-0.15, -0.1) is 0 Å². The fraction of sp³-hybridized carbons (Fsp3) is 1.00. The van der Waals surface area contributed by atoms with Crippen molar-refractivity contribution < 1.29 is 4.74 Å². The lowest BCUT2D eigenvalue weighted by molar-refractivity contribution is -0.199. The largest absolute Gasteiger partial charge is 0.380 e. The summed E-state index contributed by atoms with van der Waals surface area (Å²) in [6.07, 6.45) is 11.2. The van der Waals surface area contributed by atoms with Gasteiger partial charge in [0.05, 0.1) is 13.2 Å². The third-order valence-corrected chi connectivity index (χ3v) is 4.69. The number of hydrogen-bond donors (Lipinski definition) is 0. The lowest BCUT2D eigenvalue weighted by Gasteiger charge is -2.57. The van der Waals surface area contributed by atoms with E-state index >= 15 is 0 Å². The Bertz CT molecular complexity index is 229. The first-order valence-electron chi connectivity index (χ1n) is 8.11. The minimum absolute atomic E-state index is 0.591. The summed E-state index contributed by atoms with van der Waals surface area (Å²) in [6, 6.07) is 0.869. The van der Waals surface area contributed by atoms with Crippen LogP contribution in [0.3, 0.4) is 0 Å². The molecule has 106 valence electrons. The van der Waals surface area contributed by atoms with Crippen LogP contribution in [0.25, 0.3) is 0 Å². The van der Waals surface area contributed by atoms with Crippen molar-refractivity contribution in [2.75, 3.05) is 26.3 Å². The first kappa shape index (κ1) is 14.3. The summed E-state index contributed by atoms with van der Waals surface area (Å²) in [4.78, 5) is 2.74. The Kier molecular flexibility index (Phi) is 5.50. The molecule has 0 bridgehead atoms. The van der Waals surface area contributed by atoms with Crippen LogP contribution in [0.15, 0.2) is 0 Å². The summed E-state index contributed by atoms with van der Waals surface area (Å²) in [6.45, 7) is 9.29. The topological polar surface area (TPSA) is 12.5 Å². The molecule has 18 heavy (non-hydrogen) atoms. The average molecular weight is 253 g/mol. The lowest BCUT2D eigenvalue weighted by Crippen LogP contribution is -2.68. The molecular weight excluding hydrogens is 222 g/mol. The van der Waals surface area contributed by atoms with E-state index in [0.29, 0.717) is 5.41 Å². The maximum Gasteiger partial charge on any atom is 0.0569 e. The predicted molar refractivity (Wildman–Crippen MR) is 76.9 cm³/mol. The van der Waals surface area contributed by atoms with Gasteiger partial charge in [0.25, 0.3) is 0 Å². The first-order chi connectivity index (χ1) is 8.79. The molecule has 2 saturated heterocycles. The van der Waals surface area contributed by atoms with E-state index in [4.69, 9.17) is 4.74 Å². The van der Waals surface area contributed by atoms with Crippen molar-refractivity contribution in [1.29, 1.82) is 0 Å². The van der Waals surface area contributed by atoms with E-state index in [0.717, 1.165) is 19.3 Å². The highest BCUT2D eigenvalue weighted by molar-refractivity contribution is 5.01. The summed E-state index contributed by atoms with van der Waals surface area (Å²) in [5.74, 6) is 0. The zero-order chi connectivity index (χ0) is 12.8. The van der Waals surface area contributed by atoms with Gasteiger partial charge in [-0.1, -0.05) is 52.4 Å². The van der Waals surface area contributed by atoms with E-state index in [1.54, 1.807) is 0 Å². The lowest BCUT2D eigenvalue weighted by atomic mass is 9.76. The van der Waals surface area contributed by atoms with Crippen LogP contribution >= 0.6 is 0 Å². The molecule has 1 spiro atoms. The Morgan fingerprint density at radius 3 is 2.17 bits per heavy atom. The molecule has 0 amide bonds. The molecule has 0 radical (unpaired) electrons.